The molecule has 2 rings (SSSR count). The Balaban J connectivity index is 1.99. The van der Waals surface area contributed by atoms with Crippen LogP contribution in [0.4, 0.5) is 8.78 Å². The van der Waals surface area contributed by atoms with E-state index in [-0.39, 0.29) is 10.6 Å². The molecule has 1 aromatic heterocycles. The van der Waals surface area contributed by atoms with Crippen molar-refractivity contribution in [2.24, 2.45) is 0 Å². The van der Waals surface area contributed by atoms with Crippen molar-refractivity contribution in [3.05, 3.63) is 53.5 Å². The van der Waals surface area contributed by atoms with E-state index in [1.165, 1.54) is 6.07 Å². The van der Waals surface area contributed by atoms with Crippen LogP contribution in [0.15, 0.2) is 39.6 Å². The molecule has 0 saturated carbocycles. The van der Waals surface area contributed by atoms with E-state index in [0.29, 0.717) is 12.3 Å². The number of nitrogens with one attached hydrogen (secondary N) is 1. The molecule has 1 aromatic carbocycles. The van der Waals surface area contributed by atoms with Gasteiger partial charge in [-0.2, -0.15) is 0 Å². The monoisotopic (exact) mass is 313 g/mol. The molecule has 21 heavy (non-hydrogen) atoms. The van der Waals surface area contributed by atoms with Gasteiger partial charge in [-0.3, -0.25) is 4.21 Å². The molecule has 0 fully saturated rings. The summed E-state index contributed by atoms with van der Waals surface area (Å²) in [6.45, 7) is 3.56. The van der Waals surface area contributed by atoms with E-state index in [2.05, 4.69) is 12.2 Å². The number of rotatable bonds is 7. The van der Waals surface area contributed by atoms with Crippen molar-refractivity contribution in [2.45, 2.75) is 30.5 Å². The van der Waals surface area contributed by atoms with Gasteiger partial charge >= 0.3 is 0 Å². The van der Waals surface area contributed by atoms with E-state index in [4.69, 9.17) is 4.42 Å². The highest BCUT2D eigenvalue weighted by Gasteiger charge is 2.13. The summed E-state index contributed by atoms with van der Waals surface area (Å²) in [6, 6.07) is 6.56. The van der Waals surface area contributed by atoms with E-state index in [0.717, 1.165) is 30.9 Å². The van der Waals surface area contributed by atoms with Crippen LogP contribution >= 0.6 is 0 Å². The van der Waals surface area contributed by atoms with Gasteiger partial charge in [0.1, 0.15) is 23.2 Å². The minimum Gasteiger partial charge on any atom is -0.464 e. The fraction of sp³-hybridized carbons (Fsp3) is 0.333. The molecule has 0 amide bonds. The van der Waals surface area contributed by atoms with Gasteiger partial charge < -0.3 is 9.73 Å². The van der Waals surface area contributed by atoms with E-state index >= 15 is 0 Å². The van der Waals surface area contributed by atoms with Crippen molar-refractivity contribution >= 4 is 10.8 Å². The van der Waals surface area contributed by atoms with Crippen molar-refractivity contribution in [1.29, 1.82) is 0 Å². The van der Waals surface area contributed by atoms with E-state index in [1.54, 1.807) is 12.1 Å². The van der Waals surface area contributed by atoms with Gasteiger partial charge in [0.25, 0.3) is 0 Å². The molecule has 114 valence electrons. The molecule has 0 radical (unpaired) electrons. The highest BCUT2D eigenvalue weighted by molar-refractivity contribution is 7.84. The predicted octanol–water partition coefficient (Wildman–Crippen LogP) is 3.37. The number of furan rings is 1. The van der Waals surface area contributed by atoms with Gasteiger partial charge in [0, 0.05) is 6.07 Å². The van der Waals surface area contributed by atoms with Gasteiger partial charge in [-0.25, -0.2) is 8.78 Å². The van der Waals surface area contributed by atoms with Gasteiger partial charge in [-0.15, -0.1) is 0 Å². The maximum absolute atomic E-state index is 13.5. The highest BCUT2D eigenvalue weighted by atomic mass is 32.2. The third-order valence-corrected chi connectivity index (χ3v) is 4.22. The zero-order chi connectivity index (χ0) is 15.2. The molecule has 6 heteroatoms. The lowest BCUT2D eigenvalue weighted by atomic mass is 10.3. The van der Waals surface area contributed by atoms with Crippen LogP contribution in [-0.4, -0.2) is 10.8 Å². The van der Waals surface area contributed by atoms with Crippen LogP contribution in [-0.2, 0) is 23.1 Å². The number of hydrogen-bond donors (Lipinski definition) is 1. The van der Waals surface area contributed by atoms with Crippen LogP contribution in [0.2, 0.25) is 0 Å². The summed E-state index contributed by atoms with van der Waals surface area (Å²) >= 11 is 0. The van der Waals surface area contributed by atoms with Gasteiger partial charge in [0.05, 0.1) is 28.0 Å². The zero-order valence-electron chi connectivity index (χ0n) is 11.7. The molecule has 0 bridgehead atoms. The third-order valence-electron chi connectivity index (χ3n) is 2.86. The lowest BCUT2D eigenvalue weighted by Crippen LogP contribution is -2.13. The lowest BCUT2D eigenvalue weighted by molar-refractivity contribution is 0.458. The maximum atomic E-state index is 13.5. The molecule has 1 unspecified atom stereocenters. The molecule has 0 aliphatic carbocycles. The quantitative estimate of drug-likeness (QED) is 0.797. The standard InChI is InChI=1S/C15H17F2NO2S/c1-2-7-18-9-12-4-5-13(20-12)10-21(19)15-6-3-11(16)8-14(15)17/h3-6,8,18H,2,7,9-10H2,1H3. The predicted molar refractivity (Wildman–Crippen MR) is 77.2 cm³/mol. The van der Waals surface area contributed by atoms with Crippen molar-refractivity contribution in [1.82, 2.24) is 5.32 Å². The van der Waals surface area contributed by atoms with Gasteiger partial charge in [-0.05, 0) is 37.2 Å². The normalized spacial score (nSPS) is 12.5. The molecule has 0 aliphatic rings. The van der Waals surface area contributed by atoms with E-state index in [9.17, 15) is 13.0 Å². The molecular weight excluding hydrogens is 296 g/mol. The summed E-state index contributed by atoms with van der Waals surface area (Å²) in [5.41, 5.74) is 0. The van der Waals surface area contributed by atoms with Crippen LogP contribution in [0.25, 0.3) is 0 Å². The first-order chi connectivity index (χ1) is 10.1. The second-order valence-corrected chi connectivity index (χ2v) is 6.03. The molecule has 2 aromatic rings. The average molecular weight is 313 g/mol. The maximum Gasteiger partial charge on any atom is 0.142 e. The largest absolute Gasteiger partial charge is 0.464 e. The minimum absolute atomic E-state index is 0.0153. The van der Waals surface area contributed by atoms with Crippen molar-refractivity contribution in [2.75, 3.05) is 6.54 Å². The summed E-state index contributed by atoms with van der Waals surface area (Å²) in [5, 5.41) is 3.19. The summed E-state index contributed by atoms with van der Waals surface area (Å²) in [7, 11) is -1.60. The van der Waals surface area contributed by atoms with Crippen molar-refractivity contribution in [3.63, 3.8) is 0 Å². The van der Waals surface area contributed by atoms with Crippen LogP contribution in [0.5, 0.6) is 0 Å². The Morgan fingerprint density at radius 1 is 1.19 bits per heavy atom. The Hall–Kier alpha value is -1.53. The van der Waals surface area contributed by atoms with Gasteiger partial charge in [0.2, 0.25) is 0 Å². The van der Waals surface area contributed by atoms with Crippen LogP contribution in [0.1, 0.15) is 24.9 Å². The van der Waals surface area contributed by atoms with Gasteiger partial charge in [0.15, 0.2) is 0 Å². The third kappa shape index (κ3) is 4.47. The summed E-state index contributed by atoms with van der Waals surface area (Å²) in [6.07, 6.45) is 1.03. The SMILES string of the molecule is CCCNCc1ccc(CS(=O)c2ccc(F)cc2F)o1. The first-order valence-electron chi connectivity index (χ1n) is 6.72. The van der Waals surface area contributed by atoms with Crippen LogP contribution < -0.4 is 5.32 Å². The zero-order valence-corrected chi connectivity index (χ0v) is 12.5. The molecule has 0 spiro atoms. The Morgan fingerprint density at radius 3 is 2.67 bits per heavy atom. The molecule has 1 N–H and O–H groups in total. The Kier molecular flexibility index (Phi) is 5.64. The Morgan fingerprint density at radius 2 is 1.95 bits per heavy atom. The second kappa shape index (κ2) is 7.47. The fourth-order valence-corrected chi connectivity index (χ4v) is 2.92. The topological polar surface area (TPSA) is 42.2 Å². The highest BCUT2D eigenvalue weighted by Crippen LogP contribution is 2.18. The lowest BCUT2D eigenvalue weighted by Gasteiger charge is -2.02. The van der Waals surface area contributed by atoms with Crippen LogP contribution in [0.3, 0.4) is 0 Å². The molecule has 1 atom stereocenters. The van der Waals surface area contributed by atoms with Crippen molar-refractivity contribution < 1.29 is 17.4 Å². The molecule has 0 saturated heterocycles. The summed E-state index contributed by atoms with van der Waals surface area (Å²) < 4.78 is 44.0. The second-order valence-electron chi connectivity index (χ2n) is 4.61. The van der Waals surface area contributed by atoms with Crippen LogP contribution in [0, 0.1) is 11.6 Å². The fourth-order valence-electron chi connectivity index (χ4n) is 1.85. The van der Waals surface area contributed by atoms with E-state index in [1.807, 2.05) is 0 Å². The minimum atomic E-state index is -1.60. The molecule has 1 heterocycles. The smallest absolute Gasteiger partial charge is 0.142 e. The average Bonchev–Trinajstić information content (AvgIpc) is 2.86. The number of halogens is 2. The Bertz CT molecular complexity index is 628. The summed E-state index contributed by atoms with van der Waals surface area (Å²) in [4.78, 5) is -0.0153. The molecular formula is C15H17F2NO2S. The first-order valence-corrected chi connectivity index (χ1v) is 8.03. The Labute approximate surface area is 124 Å². The van der Waals surface area contributed by atoms with Crippen molar-refractivity contribution in [3.8, 4) is 0 Å². The van der Waals surface area contributed by atoms with Gasteiger partial charge in [-0.1, -0.05) is 6.92 Å². The first kappa shape index (κ1) is 15.9. The molecule has 3 nitrogen and oxygen atoms in total. The molecule has 0 aliphatic heterocycles. The van der Waals surface area contributed by atoms with E-state index < -0.39 is 22.4 Å². The number of hydrogen-bond acceptors (Lipinski definition) is 3. The summed E-state index contributed by atoms with van der Waals surface area (Å²) in [5.74, 6) is -0.156. The number of benzene rings is 1.